The van der Waals surface area contributed by atoms with Gasteiger partial charge in [-0.25, -0.2) is 8.42 Å². The van der Waals surface area contributed by atoms with E-state index in [1.807, 2.05) is 30.3 Å². The fourth-order valence-electron chi connectivity index (χ4n) is 2.00. The second kappa shape index (κ2) is 7.15. The van der Waals surface area contributed by atoms with Crippen LogP contribution in [0, 0.1) is 0 Å². The molecule has 7 heteroatoms. The second-order valence-corrected chi connectivity index (χ2v) is 6.80. The van der Waals surface area contributed by atoms with Crippen molar-refractivity contribution in [1.82, 2.24) is 0 Å². The zero-order valence-corrected chi connectivity index (χ0v) is 13.3. The average Bonchev–Trinajstić information content (AvgIpc) is 2.45. The molecule has 2 N–H and O–H groups in total. The highest BCUT2D eigenvalue weighted by Crippen LogP contribution is 2.28. The minimum absolute atomic E-state index is 0.197. The first-order chi connectivity index (χ1) is 10.8. The van der Waals surface area contributed by atoms with Gasteiger partial charge in [-0.1, -0.05) is 36.4 Å². The van der Waals surface area contributed by atoms with E-state index in [-0.39, 0.29) is 18.7 Å². The van der Waals surface area contributed by atoms with Gasteiger partial charge in [-0.05, 0) is 23.3 Å². The van der Waals surface area contributed by atoms with Crippen molar-refractivity contribution in [2.45, 2.75) is 13.0 Å². The molecule has 0 aliphatic heterocycles. The number of nitrogens with one attached hydrogen (secondary N) is 1. The predicted molar refractivity (Wildman–Crippen MR) is 87.0 cm³/mol. The van der Waals surface area contributed by atoms with Gasteiger partial charge in [0.1, 0.15) is 12.4 Å². The number of ether oxygens (including phenoxy) is 1. The van der Waals surface area contributed by atoms with Gasteiger partial charge in [0, 0.05) is 0 Å². The van der Waals surface area contributed by atoms with Crippen molar-refractivity contribution in [2.24, 2.45) is 0 Å². The number of anilines is 1. The molecule has 0 atom stereocenters. The predicted octanol–water partition coefficient (Wildman–Crippen LogP) is 2.26. The molecular weight excluding hydrogens is 318 g/mol. The van der Waals surface area contributed by atoms with Crippen LogP contribution in [0.4, 0.5) is 5.69 Å². The fraction of sp³-hybridized carbons (Fsp3) is 0.188. The second-order valence-electron chi connectivity index (χ2n) is 5.05. The molecule has 0 saturated heterocycles. The average molecular weight is 335 g/mol. The Morgan fingerprint density at radius 1 is 1.13 bits per heavy atom. The Balaban J connectivity index is 2.24. The first-order valence-electron chi connectivity index (χ1n) is 6.83. The van der Waals surface area contributed by atoms with Crippen LogP contribution in [0.3, 0.4) is 0 Å². The maximum Gasteiger partial charge on any atom is 0.307 e. The van der Waals surface area contributed by atoms with E-state index in [9.17, 15) is 13.2 Å². The summed E-state index contributed by atoms with van der Waals surface area (Å²) in [6.45, 7) is 0.275. The van der Waals surface area contributed by atoms with Crippen LogP contribution in [-0.4, -0.2) is 25.7 Å². The van der Waals surface area contributed by atoms with E-state index in [0.29, 0.717) is 11.3 Å². The van der Waals surface area contributed by atoms with Crippen molar-refractivity contribution in [2.75, 3.05) is 11.0 Å². The van der Waals surface area contributed by atoms with Crippen molar-refractivity contribution >= 4 is 21.7 Å². The highest BCUT2D eigenvalue weighted by molar-refractivity contribution is 7.92. The lowest BCUT2D eigenvalue weighted by atomic mass is 10.1. The topological polar surface area (TPSA) is 92.7 Å². The molecule has 0 unspecified atom stereocenters. The van der Waals surface area contributed by atoms with E-state index in [1.54, 1.807) is 12.1 Å². The van der Waals surface area contributed by atoms with Crippen LogP contribution < -0.4 is 9.46 Å². The standard InChI is InChI=1S/C16H17NO5S/c1-23(20,21)17-14-9-13(10-16(18)19)7-8-15(14)22-11-12-5-3-2-4-6-12/h2-9,17H,10-11H2,1H3,(H,18,19). The first kappa shape index (κ1) is 16.8. The molecule has 0 amide bonds. The van der Waals surface area contributed by atoms with Crippen molar-refractivity contribution in [3.63, 3.8) is 0 Å². The highest BCUT2D eigenvalue weighted by atomic mass is 32.2. The Hall–Kier alpha value is -2.54. The third-order valence-electron chi connectivity index (χ3n) is 2.93. The van der Waals surface area contributed by atoms with E-state index in [4.69, 9.17) is 9.84 Å². The molecule has 122 valence electrons. The molecule has 23 heavy (non-hydrogen) atoms. The number of hydrogen-bond donors (Lipinski definition) is 2. The minimum Gasteiger partial charge on any atom is -0.487 e. The Labute approximate surface area is 134 Å². The van der Waals surface area contributed by atoms with E-state index in [2.05, 4.69) is 4.72 Å². The summed E-state index contributed by atoms with van der Waals surface area (Å²) >= 11 is 0. The monoisotopic (exact) mass is 335 g/mol. The molecule has 0 aliphatic rings. The van der Waals surface area contributed by atoms with Crippen LogP contribution in [0.1, 0.15) is 11.1 Å². The quantitative estimate of drug-likeness (QED) is 0.810. The van der Waals surface area contributed by atoms with Crippen molar-refractivity contribution < 1.29 is 23.1 Å². The van der Waals surface area contributed by atoms with Gasteiger partial charge in [0.25, 0.3) is 0 Å². The summed E-state index contributed by atoms with van der Waals surface area (Å²) in [5.41, 5.74) is 1.64. The minimum atomic E-state index is -3.51. The molecule has 0 saturated carbocycles. The van der Waals surface area contributed by atoms with Gasteiger partial charge in [0.15, 0.2) is 0 Å². The molecule has 0 spiro atoms. The molecule has 0 radical (unpaired) electrons. The van der Waals surface area contributed by atoms with Gasteiger partial charge in [0.05, 0.1) is 18.4 Å². The van der Waals surface area contributed by atoms with Crippen LogP contribution in [0.5, 0.6) is 5.75 Å². The van der Waals surface area contributed by atoms with Crippen LogP contribution >= 0.6 is 0 Å². The normalized spacial score (nSPS) is 11.0. The molecule has 2 aromatic carbocycles. The van der Waals surface area contributed by atoms with E-state index in [1.165, 1.54) is 6.07 Å². The SMILES string of the molecule is CS(=O)(=O)Nc1cc(CC(=O)O)ccc1OCc1ccccc1. The van der Waals surface area contributed by atoms with Crippen molar-refractivity contribution in [3.05, 3.63) is 59.7 Å². The summed E-state index contributed by atoms with van der Waals surface area (Å²) < 4.78 is 31.0. The zero-order chi connectivity index (χ0) is 16.9. The lowest BCUT2D eigenvalue weighted by molar-refractivity contribution is -0.136. The lowest BCUT2D eigenvalue weighted by Crippen LogP contribution is -2.12. The Morgan fingerprint density at radius 3 is 2.43 bits per heavy atom. The Bertz CT molecular complexity index is 787. The summed E-state index contributed by atoms with van der Waals surface area (Å²) in [5.74, 6) is -0.651. The summed E-state index contributed by atoms with van der Waals surface area (Å²) in [6, 6.07) is 14.1. The number of sulfonamides is 1. The Kier molecular flexibility index (Phi) is 5.23. The largest absolute Gasteiger partial charge is 0.487 e. The van der Waals surface area contributed by atoms with E-state index >= 15 is 0 Å². The molecule has 0 fully saturated rings. The molecule has 0 aromatic heterocycles. The van der Waals surface area contributed by atoms with Crippen LogP contribution in [0.25, 0.3) is 0 Å². The fourth-order valence-corrected chi connectivity index (χ4v) is 2.56. The zero-order valence-electron chi connectivity index (χ0n) is 12.5. The third kappa shape index (κ3) is 5.63. The maximum atomic E-state index is 11.5. The number of carboxylic acids is 1. The van der Waals surface area contributed by atoms with Crippen LogP contribution in [-0.2, 0) is 27.8 Å². The highest BCUT2D eigenvalue weighted by Gasteiger charge is 2.11. The number of carbonyl (C=O) groups is 1. The van der Waals surface area contributed by atoms with Gasteiger partial charge in [-0.2, -0.15) is 0 Å². The smallest absolute Gasteiger partial charge is 0.307 e. The molecule has 0 bridgehead atoms. The molecule has 2 aromatic rings. The summed E-state index contributed by atoms with van der Waals surface area (Å²) in [6.07, 6.45) is 0.829. The van der Waals surface area contributed by atoms with Gasteiger partial charge in [0.2, 0.25) is 10.0 Å². The number of aliphatic carboxylic acids is 1. The molecule has 0 aliphatic carbocycles. The molecular formula is C16H17NO5S. The summed E-state index contributed by atoms with van der Waals surface area (Å²) in [4.78, 5) is 10.8. The third-order valence-corrected chi connectivity index (χ3v) is 3.52. The lowest BCUT2D eigenvalue weighted by Gasteiger charge is -2.13. The summed E-state index contributed by atoms with van der Waals surface area (Å²) in [5, 5.41) is 8.84. The van der Waals surface area contributed by atoms with Crippen LogP contribution in [0.15, 0.2) is 48.5 Å². The van der Waals surface area contributed by atoms with Gasteiger partial charge in [-0.15, -0.1) is 0 Å². The van der Waals surface area contributed by atoms with Crippen molar-refractivity contribution in [1.29, 1.82) is 0 Å². The summed E-state index contributed by atoms with van der Waals surface area (Å²) in [7, 11) is -3.51. The van der Waals surface area contributed by atoms with Gasteiger partial charge >= 0.3 is 5.97 Å². The van der Waals surface area contributed by atoms with Gasteiger partial charge < -0.3 is 9.84 Å². The molecule has 0 heterocycles. The number of benzene rings is 2. The van der Waals surface area contributed by atoms with Crippen molar-refractivity contribution in [3.8, 4) is 5.75 Å². The maximum absolute atomic E-state index is 11.5. The number of rotatable bonds is 7. The number of hydrogen-bond acceptors (Lipinski definition) is 4. The number of carboxylic acid groups (broad SMARTS) is 1. The molecule has 6 nitrogen and oxygen atoms in total. The first-order valence-corrected chi connectivity index (χ1v) is 8.72. The van der Waals surface area contributed by atoms with E-state index < -0.39 is 16.0 Å². The van der Waals surface area contributed by atoms with Gasteiger partial charge in [-0.3, -0.25) is 9.52 Å². The molecule has 2 rings (SSSR count). The van der Waals surface area contributed by atoms with Crippen LogP contribution in [0.2, 0.25) is 0 Å². The van der Waals surface area contributed by atoms with E-state index in [0.717, 1.165) is 11.8 Å². The Morgan fingerprint density at radius 2 is 1.83 bits per heavy atom.